The van der Waals surface area contributed by atoms with E-state index in [1.165, 1.54) is 36.9 Å². The van der Waals surface area contributed by atoms with Crippen molar-refractivity contribution in [2.24, 2.45) is 7.05 Å². The molecule has 1 aromatic heterocycles. The van der Waals surface area contributed by atoms with Gasteiger partial charge in [-0.15, -0.1) is 0 Å². The molecule has 2 aromatic rings. The molecule has 0 bridgehead atoms. The Labute approximate surface area is 135 Å². The SMILES string of the molecule is Cc1c(C(=O)C(=O)O)cn(C)c1C(=O)Nc1ccc(F)c(C#N)c1. The Morgan fingerprint density at radius 3 is 2.58 bits per heavy atom. The maximum absolute atomic E-state index is 13.3. The number of aromatic nitrogens is 1. The molecule has 7 nitrogen and oxygen atoms in total. The van der Waals surface area contributed by atoms with Crippen LogP contribution in [0, 0.1) is 24.1 Å². The Bertz CT molecular complexity index is 909. The second-order valence-corrected chi connectivity index (χ2v) is 5.02. The Morgan fingerprint density at radius 1 is 1.33 bits per heavy atom. The first-order valence-electron chi connectivity index (χ1n) is 6.70. The smallest absolute Gasteiger partial charge is 0.377 e. The number of benzene rings is 1. The number of nitrogens with zero attached hydrogens (tertiary/aromatic N) is 2. The van der Waals surface area contributed by atoms with Crippen LogP contribution in [0.15, 0.2) is 24.4 Å². The first-order valence-corrected chi connectivity index (χ1v) is 6.70. The highest BCUT2D eigenvalue weighted by Gasteiger charge is 2.25. The number of rotatable bonds is 4. The molecule has 0 fully saturated rings. The van der Waals surface area contributed by atoms with Crippen LogP contribution >= 0.6 is 0 Å². The molecular formula is C16H12FN3O4. The van der Waals surface area contributed by atoms with Gasteiger partial charge in [0.15, 0.2) is 0 Å². The minimum Gasteiger partial charge on any atom is -0.475 e. The molecule has 0 saturated carbocycles. The van der Waals surface area contributed by atoms with Crippen LogP contribution in [0.1, 0.15) is 32.0 Å². The fraction of sp³-hybridized carbons (Fsp3) is 0.125. The summed E-state index contributed by atoms with van der Waals surface area (Å²) in [6.07, 6.45) is 1.26. The molecule has 0 radical (unpaired) electrons. The zero-order valence-corrected chi connectivity index (χ0v) is 12.8. The van der Waals surface area contributed by atoms with E-state index in [2.05, 4.69) is 5.32 Å². The zero-order valence-electron chi connectivity index (χ0n) is 12.8. The van der Waals surface area contributed by atoms with Gasteiger partial charge >= 0.3 is 5.97 Å². The summed E-state index contributed by atoms with van der Waals surface area (Å²) in [4.78, 5) is 34.8. The van der Waals surface area contributed by atoms with Crippen LogP contribution in [0.5, 0.6) is 0 Å². The molecule has 0 atom stereocenters. The monoisotopic (exact) mass is 329 g/mol. The number of hydrogen-bond donors (Lipinski definition) is 2. The molecule has 0 saturated heterocycles. The number of halogens is 1. The summed E-state index contributed by atoms with van der Waals surface area (Å²) < 4.78 is 14.6. The maximum atomic E-state index is 13.3. The maximum Gasteiger partial charge on any atom is 0.377 e. The summed E-state index contributed by atoms with van der Waals surface area (Å²) in [6, 6.07) is 5.17. The van der Waals surface area contributed by atoms with Crippen molar-refractivity contribution in [3.63, 3.8) is 0 Å². The second-order valence-electron chi connectivity index (χ2n) is 5.02. The summed E-state index contributed by atoms with van der Waals surface area (Å²) in [5.74, 6) is -4.06. The van der Waals surface area contributed by atoms with Gasteiger partial charge in [-0.25, -0.2) is 9.18 Å². The quantitative estimate of drug-likeness (QED) is 0.657. The topological polar surface area (TPSA) is 112 Å². The van der Waals surface area contributed by atoms with E-state index in [9.17, 15) is 18.8 Å². The minimum atomic E-state index is -1.62. The lowest BCUT2D eigenvalue weighted by Gasteiger charge is -2.08. The number of ketones is 1. The van der Waals surface area contributed by atoms with Crippen LogP contribution < -0.4 is 5.32 Å². The highest BCUT2D eigenvalue weighted by atomic mass is 19.1. The summed E-state index contributed by atoms with van der Waals surface area (Å²) >= 11 is 0. The number of carboxylic acids is 1. The molecule has 8 heteroatoms. The van der Waals surface area contributed by atoms with Crippen molar-refractivity contribution >= 4 is 23.3 Å². The number of carbonyl (C=O) groups excluding carboxylic acids is 2. The van der Waals surface area contributed by atoms with Gasteiger partial charge in [0.25, 0.3) is 11.7 Å². The Kier molecular flexibility index (Phi) is 4.46. The van der Waals surface area contributed by atoms with Crippen LogP contribution in [0.4, 0.5) is 10.1 Å². The predicted octanol–water partition coefficient (Wildman–Crippen LogP) is 1.86. The fourth-order valence-corrected chi connectivity index (χ4v) is 2.30. The fourth-order valence-electron chi connectivity index (χ4n) is 2.30. The average Bonchev–Trinajstić information content (AvgIpc) is 2.82. The van der Waals surface area contributed by atoms with E-state index in [4.69, 9.17) is 10.4 Å². The van der Waals surface area contributed by atoms with Crippen LogP contribution in [0.3, 0.4) is 0 Å². The lowest BCUT2D eigenvalue weighted by molar-refractivity contribution is -0.131. The number of nitriles is 1. The van der Waals surface area contributed by atoms with E-state index in [1.807, 2.05) is 0 Å². The normalized spacial score (nSPS) is 10.1. The van der Waals surface area contributed by atoms with E-state index in [0.29, 0.717) is 0 Å². The van der Waals surface area contributed by atoms with Crippen LogP contribution in [0.2, 0.25) is 0 Å². The first kappa shape index (κ1) is 16.9. The third-order valence-electron chi connectivity index (χ3n) is 3.43. The van der Waals surface area contributed by atoms with Crippen LogP contribution in [0.25, 0.3) is 0 Å². The minimum absolute atomic E-state index is 0.0856. The third kappa shape index (κ3) is 3.01. The number of anilines is 1. The number of Topliss-reactive ketones (excluding diaryl/α,β-unsaturated/α-hetero) is 1. The molecular weight excluding hydrogens is 317 g/mol. The zero-order chi connectivity index (χ0) is 18.0. The number of hydrogen-bond acceptors (Lipinski definition) is 4. The standard InChI is InChI=1S/C16H12FN3O4/c1-8-11(14(21)16(23)24)7-20(2)13(8)15(22)19-10-3-4-12(17)9(5-10)6-18/h3-5,7H,1-2H3,(H,19,22)(H,23,24). The number of aryl methyl sites for hydroxylation is 1. The van der Waals surface area contributed by atoms with Crippen molar-refractivity contribution in [2.45, 2.75) is 6.92 Å². The molecule has 2 N–H and O–H groups in total. The van der Waals surface area contributed by atoms with Crippen LogP contribution in [-0.2, 0) is 11.8 Å². The van der Waals surface area contributed by atoms with Gasteiger partial charge in [0, 0.05) is 18.9 Å². The third-order valence-corrected chi connectivity index (χ3v) is 3.43. The molecule has 0 unspecified atom stereocenters. The highest BCUT2D eigenvalue weighted by Crippen LogP contribution is 2.20. The van der Waals surface area contributed by atoms with Crippen molar-refractivity contribution in [1.29, 1.82) is 5.26 Å². The molecule has 0 spiro atoms. The van der Waals surface area contributed by atoms with Gasteiger partial charge < -0.3 is 15.0 Å². The molecule has 1 amide bonds. The van der Waals surface area contributed by atoms with Crippen molar-refractivity contribution < 1.29 is 23.9 Å². The number of amides is 1. The summed E-state index contributed by atoms with van der Waals surface area (Å²) in [7, 11) is 1.49. The first-order chi connectivity index (χ1) is 11.3. The molecule has 24 heavy (non-hydrogen) atoms. The van der Waals surface area contributed by atoms with Gasteiger partial charge in [0.05, 0.1) is 11.1 Å². The van der Waals surface area contributed by atoms with Crippen LogP contribution in [-0.4, -0.2) is 27.3 Å². The van der Waals surface area contributed by atoms with E-state index in [0.717, 1.165) is 6.07 Å². The summed E-state index contributed by atoms with van der Waals surface area (Å²) in [6.45, 7) is 1.45. The van der Waals surface area contributed by atoms with Gasteiger partial charge in [-0.3, -0.25) is 9.59 Å². The highest BCUT2D eigenvalue weighted by molar-refractivity contribution is 6.40. The number of nitrogens with one attached hydrogen (secondary N) is 1. The molecule has 0 aliphatic heterocycles. The molecule has 2 rings (SSSR count). The van der Waals surface area contributed by atoms with E-state index in [1.54, 1.807) is 6.07 Å². The number of carbonyl (C=O) groups is 3. The number of carboxylic acid groups (broad SMARTS) is 1. The molecule has 0 aliphatic rings. The van der Waals surface area contributed by atoms with Crippen molar-refractivity contribution in [3.05, 3.63) is 52.6 Å². The van der Waals surface area contributed by atoms with Crippen molar-refractivity contribution in [2.75, 3.05) is 5.32 Å². The molecule has 1 heterocycles. The Balaban J connectivity index is 2.36. The van der Waals surface area contributed by atoms with Gasteiger partial charge in [-0.05, 0) is 30.7 Å². The summed E-state index contributed by atoms with van der Waals surface area (Å²) in [5, 5.41) is 20.1. The van der Waals surface area contributed by atoms with Gasteiger partial charge in [-0.2, -0.15) is 5.26 Å². The predicted molar refractivity (Wildman–Crippen MR) is 81.2 cm³/mol. The summed E-state index contributed by atoms with van der Waals surface area (Å²) in [5.41, 5.74) is 0.183. The van der Waals surface area contributed by atoms with Gasteiger partial charge in [-0.1, -0.05) is 0 Å². The Hall–Kier alpha value is -3.47. The molecule has 0 aliphatic carbocycles. The average molecular weight is 329 g/mol. The van der Waals surface area contributed by atoms with Gasteiger partial charge in [0.2, 0.25) is 0 Å². The van der Waals surface area contributed by atoms with E-state index < -0.39 is 23.5 Å². The lowest BCUT2D eigenvalue weighted by atomic mass is 10.1. The van der Waals surface area contributed by atoms with E-state index in [-0.39, 0.29) is 28.1 Å². The molecule has 122 valence electrons. The molecule has 1 aromatic carbocycles. The largest absolute Gasteiger partial charge is 0.475 e. The second kappa shape index (κ2) is 6.34. The van der Waals surface area contributed by atoms with Gasteiger partial charge in [0.1, 0.15) is 17.6 Å². The lowest BCUT2D eigenvalue weighted by Crippen LogP contribution is -2.17. The van der Waals surface area contributed by atoms with E-state index >= 15 is 0 Å². The Morgan fingerprint density at radius 2 is 2.00 bits per heavy atom. The van der Waals surface area contributed by atoms with Crippen molar-refractivity contribution in [3.8, 4) is 6.07 Å². The number of aliphatic carboxylic acids is 1. The van der Waals surface area contributed by atoms with Crippen molar-refractivity contribution in [1.82, 2.24) is 4.57 Å².